The summed E-state index contributed by atoms with van der Waals surface area (Å²) < 4.78 is 0. The molecule has 2 atom stereocenters. The molecule has 1 aliphatic heterocycles. The number of carbonyl (C=O) groups is 4. The maximum absolute atomic E-state index is 13.1. The lowest BCUT2D eigenvalue weighted by Gasteiger charge is -2.31. The number of hydrogen-bond donors (Lipinski definition) is 3. The summed E-state index contributed by atoms with van der Waals surface area (Å²) in [6.07, 6.45) is 5.96. The Labute approximate surface area is 189 Å². The smallest absolute Gasteiger partial charge is 0.289 e. The first kappa shape index (κ1) is 23.9. The van der Waals surface area contributed by atoms with Gasteiger partial charge in [-0.05, 0) is 44.2 Å². The van der Waals surface area contributed by atoms with Crippen LogP contribution in [0.3, 0.4) is 0 Å². The standard InChI is InChI=1S/C24H34N4O4/c1-25-16-20(29)28-14-8-13-19(28)23(31)27-21(18-11-6-3-7-12-18)22(30)24(32)26-15-17-9-4-2-5-10-17/h2,4-5,9-10,18-19,21,25H,3,6-8,11-16H2,1H3,(H,26,32)(H,27,31)/t19-,21?/m0/s1. The molecule has 174 valence electrons. The zero-order valence-corrected chi connectivity index (χ0v) is 18.8. The number of ketones is 1. The molecule has 1 heterocycles. The maximum Gasteiger partial charge on any atom is 0.289 e. The lowest BCUT2D eigenvalue weighted by molar-refractivity contribution is -0.143. The Bertz CT molecular complexity index is 807. The second-order valence-corrected chi connectivity index (χ2v) is 8.69. The van der Waals surface area contributed by atoms with E-state index in [1.165, 1.54) is 0 Å². The Balaban J connectivity index is 1.68. The van der Waals surface area contributed by atoms with E-state index in [1.807, 2.05) is 30.3 Å². The molecule has 2 fully saturated rings. The fourth-order valence-electron chi connectivity index (χ4n) is 4.71. The van der Waals surface area contributed by atoms with Crippen LogP contribution in [0.15, 0.2) is 30.3 Å². The van der Waals surface area contributed by atoms with Crippen LogP contribution in [0.25, 0.3) is 0 Å². The number of likely N-dealkylation sites (N-methyl/N-ethyl adjacent to an activating group) is 1. The zero-order chi connectivity index (χ0) is 22.9. The third-order valence-electron chi connectivity index (χ3n) is 6.42. The minimum atomic E-state index is -0.861. The van der Waals surface area contributed by atoms with Crippen LogP contribution >= 0.6 is 0 Å². The summed E-state index contributed by atoms with van der Waals surface area (Å²) in [6, 6.07) is 7.93. The van der Waals surface area contributed by atoms with E-state index in [-0.39, 0.29) is 30.8 Å². The molecule has 32 heavy (non-hydrogen) atoms. The molecule has 0 aromatic heterocycles. The second-order valence-electron chi connectivity index (χ2n) is 8.69. The average Bonchev–Trinajstić information content (AvgIpc) is 3.32. The van der Waals surface area contributed by atoms with Crippen LogP contribution in [0, 0.1) is 5.92 Å². The number of Topliss-reactive ketones (excluding diaryl/α,β-unsaturated/α-hetero) is 1. The van der Waals surface area contributed by atoms with Crippen molar-refractivity contribution >= 4 is 23.5 Å². The van der Waals surface area contributed by atoms with Gasteiger partial charge in [0.05, 0.1) is 6.54 Å². The van der Waals surface area contributed by atoms with E-state index in [0.717, 1.165) is 44.1 Å². The molecule has 0 radical (unpaired) electrons. The number of rotatable bonds is 9. The summed E-state index contributed by atoms with van der Waals surface area (Å²) in [5.74, 6) is -1.82. The summed E-state index contributed by atoms with van der Waals surface area (Å²) in [7, 11) is 1.69. The lowest BCUT2D eigenvalue weighted by atomic mass is 9.82. The molecule has 1 unspecified atom stereocenters. The van der Waals surface area contributed by atoms with Gasteiger partial charge in [-0.2, -0.15) is 0 Å². The van der Waals surface area contributed by atoms with Gasteiger partial charge in [0.2, 0.25) is 17.6 Å². The molecular weight excluding hydrogens is 408 g/mol. The van der Waals surface area contributed by atoms with Gasteiger partial charge >= 0.3 is 0 Å². The third-order valence-corrected chi connectivity index (χ3v) is 6.42. The monoisotopic (exact) mass is 442 g/mol. The average molecular weight is 443 g/mol. The Kier molecular flexibility index (Phi) is 8.79. The third kappa shape index (κ3) is 6.16. The van der Waals surface area contributed by atoms with Crippen LogP contribution in [-0.2, 0) is 25.7 Å². The molecule has 1 aromatic rings. The Hall–Kier alpha value is -2.74. The van der Waals surface area contributed by atoms with E-state index in [9.17, 15) is 19.2 Å². The SMILES string of the molecule is CNCC(=O)N1CCC[C@H]1C(=O)NC(C(=O)C(=O)NCc1ccccc1)C1CCCCC1. The number of nitrogens with zero attached hydrogens (tertiary/aromatic N) is 1. The number of likely N-dealkylation sites (tertiary alicyclic amines) is 1. The minimum absolute atomic E-state index is 0.0643. The van der Waals surface area contributed by atoms with Gasteiger partial charge in [-0.15, -0.1) is 0 Å². The van der Waals surface area contributed by atoms with Gasteiger partial charge in [0.1, 0.15) is 12.1 Å². The van der Waals surface area contributed by atoms with Crippen molar-refractivity contribution in [3.63, 3.8) is 0 Å². The van der Waals surface area contributed by atoms with Crippen LogP contribution in [0.2, 0.25) is 0 Å². The van der Waals surface area contributed by atoms with Crippen molar-refractivity contribution < 1.29 is 19.2 Å². The number of nitrogens with one attached hydrogen (secondary N) is 3. The first-order valence-electron chi connectivity index (χ1n) is 11.6. The van der Waals surface area contributed by atoms with Gasteiger partial charge in [0.15, 0.2) is 0 Å². The zero-order valence-electron chi connectivity index (χ0n) is 18.8. The van der Waals surface area contributed by atoms with E-state index in [4.69, 9.17) is 0 Å². The number of benzene rings is 1. The molecular formula is C24H34N4O4. The number of hydrogen-bond acceptors (Lipinski definition) is 5. The van der Waals surface area contributed by atoms with Crippen LogP contribution in [0.4, 0.5) is 0 Å². The summed E-state index contributed by atoms with van der Waals surface area (Å²) >= 11 is 0. The second kappa shape index (κ2) is 11.8. The molecule has 1 saturated carbocycles. The molecule has 8 nitrogen and oxygen atoms in total. The highest BCUT2D eigenvalue weighted by Crippen LogP contribution is 2.28. The van der Waals surface area contributed by atoms with Crippen molar-refractivity contribution in [3.8, 4) is 0 Å². The summed E-state index contributed by atoms with van der Waals surface area (Å²) in [4.78, 5) is 52.8. The van der Waals surface area contributed by atoms with Crippen LogP contribution in [-0.4, -0.2) is 60.6 Å². The highest BCUT2D eigenvalue weighted by Gasteiger charge is 2.39. The topological polar surface area (TPSA) is 108 Å². The molecule has 1 aromatic carbocycles. The van der Waals surface area contributed by atoms with Gasteiger partial charge in [0.25, 0.3) is 5.91 Å². The maximum atomic E-state index is 13.1. The molecule has 0 spiro atoms. The molecule has 8 heteroatoms. The normalized spacial score (nSPS) is 19.9. The molecule has 3 amide bonds. The first-order chi connectivity index (χ1) is 15.5. The van der Waals surface area contributed by atoms with Crippen molar-refractivity contribution in [2.75, 3.05) is 20.1 Å². The van der Waals surface area contributed by atoms with E-state index < -0.39 is 23.8 Å². The van der Waals surface area contributed by atoms with Crippen molar-refractivity contribution in [1.82, 2.24) is 20.9 Å². The highest BCUT2D eigenvalue weighted by atomic mass is 16.2. The molecule has 3 rings (SSSR count). The summed E-state index contributed by atoms with van der Waals surface area (Å²) in [5.41, 5.74) is 0.900. The van der Waals surface area contributed by atoms with E-state index >= 15 is 0 Å². The fraction of sp³-hybridized carbons (Fsp3) is 0.583. The van der Waals surface area contributed by atoms with Crippen molar-refractivity contribution in [2.24, 2.45) is 5.92 Å². The molecule has 1 aliphatic carbocycles. The van der Waals surface area contributed by atoms with Crippen LogP contribution in [0.1, 0.15) is 50.5 Å². The molecule has 0 bridgehead atoms. The molecule has 2 aliphatic rings. The Morgan fingerprint density at radius 3 is 2.41 bits per heavy atom. The van der Waals surface area contributed by atoms with Crippen molar-refractivity contribution in [3.05, 3.63) is 35.9 Å². The number of amides is 3. The van der Waals surface area contributed by atoms with Gasteiger partial charge in [-0.3, -0.25) is 19.2 Å². The first-order valence-corrected chi connectivity index (χ1v) is 11.6. The van der Waals surface area contributed by atoms with Gasteiger partial charge < -0.3 is 20.9 Å². The van der Waals surface area contributed by atoms with Crippen LogP contribution in [0.5, 0.6) is 0 Å². The van der Waals surface area contributed by atoms with Gasteiger partial charge in [0, 0.05) is 13.1 Å². The fourth-order valence-corrected chi connectivity index (χ4v) is 4.71. The van der Waals surface area contributed by atoms with E-state index in [0.29, 0.717) is 13.0 Å². The van der Waals surface area contributed by atoms with Crippen molar-refractivity contribution in [1.29, 1.82) is 0 Å². The van der Waals surface area contributed by atoms with Crippen molar-refractivity contribution in [2.45, 2.75) is 63.6 Å². The minimum Gasteiger partial charge on any atom is -0.345 e. The van der Waals surface area contributed by atoms with E-state index in [2.05, 4.69) is 16.0 Å². The van der Waals surface area contributed by atoms with Gasteiger partial charge in [-0.25, -0.2) is 0 Å². The van der Waals surface area contributed by atoms with Gasteiger partial charge in [-0.1, -0.05) is 49.6 Å². The lowest BCUT2D eigenvalue weighted by Crippen LogP contribution is -2.56. The molecule has 3 N–H and O–H groups in total. The predicted molar refractivity (Wildman–Crippen MR) is 120 cm³/mol. The quantitative estimate of drug-likeness (QED) is 0.497. The van der Waals surface area contributed by atoms with E-state index in [1.54, 1.807) is 11.9 Å². The summed E-state index contributed by atoms with van der Waals surface area (Å²) in [5, 5.41) is 8.39. The summed E-state index contributed by atoms with van der Waals surface area (Å²) in [6.45, 7) is 0.945. The largest absolute Gasteiger partial charge is 0.345 e. The Morgan fingerprint density at radius 2 is 1.72 bits per heavy atom. The Morgan fingerprint density at radius 1 is 1.00 bits per heavy atom. The van der Waals surface area contributed by atoms with Crippen LogP contribution < -0.4 is 16.0 Å². The number of carbonyl (C=O) groups excluding carboxylic acids is 4. The highest BCUT2D eigenvalue weighted by molar-refractivity contribution is 6.38. The predicted octanol–water partition coefficient (Wildman–Crippen LogP) is 1.15. The molecule has 1 saturated heterocycles.